The molecule has 2 nitrogen and oxygen atoms in total. The molecule has 0 bridgehead atoms. The summed E-state index contributed by atoms with van der Waals surface area (Å²) in [6, 6.07) is 8.26. The van der Waals surface area contributed by atoms with E-state index in [4.69, 9.17) is 0 Å². The fourth-order valence-electron chi connectivity index (χ4n) is 2.10. The van der Waals surface area contributed by atoms with Gasteiger partial charge in [-0.1, -0.05) is 25.1 Å². The SMILES string of the molecule is CCC(=O)CCc1c(C)[nH]c2ccccc12. The lowest BCUT2D eigenvalue weighted by Gasteiger charge is -2.00. The molecule has 1 N–H and O–H groups in total. The topological polar surface area (TPSA) is 32.9 Å². The van der Waals surface area contributed by atoms with Gasteiger partial charge in [-0.05, 0) is 25.0 Å². The summed E-state index contributed by atoms with van der Waals surface area (Å²) in [5.74, 6) is 0.338. The molecule has 0 radical (unpaired) electrons. The summed E-state index contributed by atoms with van der Waals surface area (Å²) in [7, 11) is 0. The second-order valence-electron chi connectivity index (χ2n) is 4.17. The number of carbonyl (C=O) groups excluding carboxylic acids is 1. The molecule has 84 valence electrons. The van der Waals surface area contributed by atoms with Crippen LogP contribution >= 0.6 is 0 Å². The molecular weight excluding hydrogens is 198 g/mol. The van der Waals surface area contributed by atoms with E-state index >= 15 is 0 Å². The molecule has 0 aliphatic rings. The second-order valence-corrected chi connectivity index (χ2v) is 4.17. The maximum Gasteiger partial charge on any atom is 0.132 e. The van der Waals surface area contributed by atoms with Crippen LogP contribution in [0.4, 0.5) is 0 Å². The quantitative estimate of drug-likeness (QED) is 0.833. The normalized spacial score (nSPS) is 10.9. The van der Waals surface area contributed by atoms with Gasteiger partial charge in [0.25, 0.3) is 0 Å². The summed E-state index contributed by atoms with van der Waals surface area (Å²) in [4.78, 5) is 14.7. The molecule has 0 amide bonds. The number of carbonyl (C=O) groups is 1. The minimum Gasteiger partial charge on any atom is -0.358 e. The number of ketones is 1. The molecule has 2 rings (SSSR count). The van der Waals surface area contributed by atoms with Crippen LogP contribution in [0.5, 0.6) is 0 Å². The van der Waals surface area contributed by atoms with Crippen molar-refractivity contribution in [2.45, 2.75) is 33.1 Å². The number of rotatable bonds is 4. The third kappa shape index (κ3) is 2.01. The van der Waals surface area contributed by atoms with Crippen LogP contribution in [-0.2, 0) is 11.2 Å². The Morgan fingerprint density at radius 3 is 2.81 bits per heavy atom. The van der Waals surface area contributed by atoms with Crippen molar-refractivity contribution in [1.29, 1.82) is 0 Å². The summed E-state index contributed by atoms with van der Waals surface area (Å²) in [5.41, 5.74) is 3.64. The van der Waals surface area contributed by atoms with Crippen molar-refractivity contribution in [3.8, 4) is 0 Å². The maximum atomic E-state index is 11.3. The van der Waals surface area contributed by atoms with E-state index in [0.717, 1.165) is 6.42 Å². The number of para-hydroxylation sites is 1. The Morgan fingerprint density at radius 1 is 1.31 bits per heavy atom. The first-order valence-electron chi connectivity index (χ1n) is 5.80. The molecule has 0 atom stereocenters. The van der Waals surface area contributed by atoms with E-state index in [1.807, 2.05) is 19.1 Å². The third-order valence-corrected chi connectivity index (χ3v) is 3.08. The predicted molar refractivity (Wildman–Crippen MR) is 66.7 cm³/mol. The highest BCUT2D eigenvalue weighted by Gasteiger charge is 2.08. The fraction of sp³-hybridized carbons (Fsp3) is 0.357. The zero-order valence-corrected chi connectivity index (χ0v) is 9.84. The number of aromatic nitrogens is 1. The number of fused-ring (bicyclic) bond motifs is 1. The second kappa shape index (κ2) is 4.52. The summed E-state index contributed by atoms with van der Waals surface area (Å²) in [5, 5.41) is 1.25. The van der Waals surface area contributed by atoms with Gasteiger partial charge in [0.05, 0.1) is 0 Å². The van der Waals surface area contributed by atoms with Crippen LogP contribution in [-0.4, -0.2) is 10.8 Å². The predicted octanol–water partition coefficient (Wildman–Crippen LogP) is 3.39. The lowest BCUT2D eigenvalue weighted by Crippen LogP contribution is -1.98. The van der Waals surface area contributed by atoms with Gasteiger partial charge in [0, 0.05) is 29.4 Å². The maximum absolute atomic E-state index is 11.3. The molecule has 1 heterocycles. The van der Waals surface area contributed by atoms with E-state index in [2.05, 4.69) is 24.0 Å². The molecule has 0 fully saturated rings. The van der Waals surface area contributed by atoms with E-state index in [9.17, 15) is 4.79 Å². The van der Waals surface area contributed by atoms with Crippen molar-refractivity contribution < 1.29 is 4.79 Å². The average molecular weight is 215 g/mol. The van der Waals surface area contributed by atoms with E-state index < -0.39 is 0 Å². The zero-order chi connectivity index (χ0) is 11.5. The Hall–Kier alpha value is -1.57. The highest BCUT2D eigenvalue weighted by atomic mass is 16.1. The highest BCUT2D eigenvalue weighted by Crippen LogP contribution is 2.23. The highest BCUT2D eigenvalue weighted by molar-refractivity contribution is 5.85. The average Bonchev–Trinajstić information content (AvgIpc) is 2.62. The molecule has 0 aliphatic heterocycles. The number of aryl methyl sites for hydroxylation is 2. The first-order chi connectivity index (χ1) is 7.72. The summed E-state index contributed by atoms with van der Waals surface area (Å²) in [6.07, 6.45) is 2.14. The van der Waals surface area contributed by atoms with Gasteiger partial charge in [-0.2, -0.15) is 0 Å². The molecule has 2 heteroatoms. The van der Waals surface area contributed by atoms with Crippen molar-refractivity contribution in [2.24, 2.45) is 0 Å². The lowest BCUT2D eigenvalue weighted by molar-refractivity contribution is -0.118. The Bertz CT molecular complexity index is 510. The Labute approximate surface area is 95.7 Å². The Morgan fingerprint density at radius 2 is 2.06 bits per heavy atom. The number of hydrogen-bond donors (Lipinski definition) is 1. The molecule has 2 aromatic rings. The first kappa shape index (κ1) is 10.9. The number of Topliss-reactive ketones (excluding diaryl/α,β-unsaturated/α-hetero) is 1. The van der Waals surface area contributed by atoms with Crippen molar-refractivity contribution in [3.05, 3.63) is 35.5 Å². The van der Waals surface area contributed by atoms with Gasteiger partial charge < -0.3 is 4.98 Å². The van der Waals surface area contributed by atoms with Crippen LogP contribution < -0.4 is 0 Å². The molecule has 0 spiro atoms. The van der Waals surface area contributed by atoms with Crippen LogP contribution in [0.15, 0.2) is 24.3 Å². The Kier molecular flexibility index (Phi) is 3.09. The van der Waals surface area contributed by atoms with Crippen LogP contribution in [0.25, 0.3) is 10.9 Å². The molecule has 1 aromatic heterocycles. The summed E-state index contributed by atoms with van der Waals surface area (Å²) in [6.45, 7) is 4.00. The van der Waals surface area contributed by atoms with Crippen LogP contribution in [0.3, 0.4) is 0 Å². The molecule has 0 aliphatic carbocycles. The number of nitrogens with one attached hydrogen (secondary N) is 1. The van der Waals surface area contributed by atoms with Gasteiger partial charge in [-0.15, -0.1) is 0 Å². The Balaban J connectivity index is 2.29. The van der Waals surface area contributed by atoms with Gasteiger partial charge in [0.2, 0.25) is 0 Å². The van der Waals surface area contributed by atoms with Gasteiger partial charge in [-0.3, -0.25) is 4.79 Å². The van der Waals surface area contributed by atoms with Crippen LogP contribution in [0.1, 0.15) is 31.0 Å². The lowest BCUT2D eigenvalue weighted by atomic mass is 10.0. The minimum absolute atomic E-state index is 0.338. The number of hydrogen-bond acceptors (Lipinski definition) is 1. The molecule has 1 aromatic carbocycles. The fourth-order valence-corrected chi connectivity index (χ4v) is 2.10. The minimum atomic E-state index is 0.338. The van der Waals surface area contributed by atoms with Gasteiger partial charge in [0.15, 0.2) is 0 Å². The van der Waals surface area contributed by atoms with Gasteiger partial charge in [-0.25, -0.2) is 0 Å². The van der Waals surface area contributed by atoms with E-state index in [1.54, 1.807) is 0 Å². The summed E-state index contributed by atoms with van der Waals surface area (Å²) < 4.78 is 0. The standard InChI is InChI=1S/C14H17NO/c1-3-11(16)8-9-12-10(2)15-14-7-5-4-6-13(12)14/h4-7,15H,3,8-9H2,1-2H3. The van der Waals surface area contributed by atoms with Crippen LogP contribution in [0, 0.1) is 6.92 Å². The van der Waals surface area contributed by atoms with E-state index in [0.29, 0.717) is 18.6 Å². The summed E-state index contributed by atoms with van der Waals surface area (Å²) >= 11 is 0. The smallest absolute Gasteiger partial charge is 0.132 e. The van der Waals surface area contributed by atoms with Crippen molar-refractivity contribution >= 4 is 16.7 Å². The number of H-pyrrole nitrogens is 1. The molecule has 0 unspecified atom stereocenters. The monoisotopic (exact) mass is 215 g/mol. The van der Waals surface area contributed by atoms with Crippen molar-refractivity contribution in [1.82, 2.24) is 4.98 Å². The molecule has 0 saturated carbocycles. The molecule has 0 saturated heterocycles. The van der Waals surface area contributed by atoms with Crippen molar-refractivity contribution in [3.63, 3.8) is 0 Å². The number of benzene rings is 1. The first-order valence-corrected chi connectivity index (χ1v) is 5.80. The van der Waals surface area contributed by atoms with E-state index in [1.165, 1.54) is 22.2 Å². The zero-order valence-electron chi connectivity index (χ0n) is 9.84. The third-order valence-electron chi connectivity index (χ3n) is 3.08. The largest absolute Gasteiger partial charge is 0.358 e. The van der Waals surface area contributed by atoms with Crippen LogP contribution in [0.2, 0.25) is 0 Å². The van der Waals surface area contributed by atoms with Gasteiger partial charge in [0.1, 0.15) is 5.78 Å². The van der Waals surface area contributed by atoms with E-state index in [-0.39, 0.29) is 0 Å². The van der Waals surface area contributed by atoms with Gasteiger partial charge >= 0.3 is 0 Å². The molecule has 16 heavy (non-hydrogen) atoms. The molecular formula is C14H17NO. The van der Waals surface area contributed by atoms with Crippen molar-refractivity contribution in [2.75, 3.05) is 0 Å². The number of aromatic amines is 1.